The van der Waals surface area contributed by atoms with Gasteiger partial charge < -0.3 is 15.8 Å². The molecule has 18 heavy (non-hydrogen) atoms. The Morgan fingerprint density at radius 3 is 2.94 bits per heavy atom. The molecule has 1 aromatic carbocycles. The first-order chi connectivity index (χ1) is 8.66. The van der Waals surface area contributed by atoms with Crippen molar-refractivity contribution in [2.75, 3.05) is 13.2 Å². The van der Waals surface area contributed by atoms with Gasteiger partial charge in [-0.3, -0.25) is 9.59 Å². The highest BCUT2D eigenvalue weighted by Gasteiger charge is 2.22. The molecule has 3 N–H and O–H groups in total. The minimum absolute atomic E-state index is 0.00280. The quantitative estimate of drug-likeness (QED) is 0.811. The predicted octanol–water partition coefficient (Wildman–Crippen LogP) is 0.438. The molecule has 2 amide bonds. The second kappa shape index (κ2) is 5.64. The molecule has 0 radical (unpaired) electrons. The number of amides is 2. The van der Waals surface area contributed by atoms with E-state index in [2.05, 4.69) is 5.32 Å². The number of benzene rings is 1. The van der Waals surface area contributed by atoms with Crippen molar-refractivity contribution in [2.24, 2.45) is 11.7 Å². The molecule has 5 heteroatoms. The number of ether oxygens (including phenoxy) is 1. The van der Waals surface area contributed by atoms with Crippen LogP contribution in [0.2, 0.25) is 0 Å². The minimum Gasteiger partial charge on any atom is -0.381 e. The minimum atomic E-state index is -0.465. The third kappa shape index (κ3) is 3.07. The molecule has 1 fully saturated rings. The molecule has 2 rings (SSSR count). The number of rotatable bonds is 4. The maximum atomic E-state index is 11.8. The molecule has 0 aromatic heterocycles. The van der Waals surface area contributed by atoms with Crippen molar-refractivity contribution < 1.29 is 14.3 Å². The molecule has 1 aliphatic rings. The topological polar surface area (TPSA) is 81.4 Å². The largest absolute Gasteiger partial charge is 0.381 e. The van der Waals surface area contributed by atoms with Crippen molar-refractivity contribution in [1.29, 1.82) is 0 Å². The van der Waals surface area contributed by atoms with E-state index in [9.17, 15) is 9.59 Å². The van der Waals surface area contributed by atoms with Gasteiger partial charge in [0.2, 0.25) is 11.8 Å². The molecule has 0 bridgehead atoms. The first-order valence-corrected chi connectivity index (χ1v) is 5.91. The molecule has 1 unspecified atom stereocenters. The van der Waals surface area contributed by atoms with Gasteiger partial charge >= 0.3 is 0 Å². The monoisotopic (exact) mass is 248 g/mol. The van der Waals surface area contributed by atoms with Gasteiger partial charge in [0.05, 0.1) is 12.5 Å². The number of nitrogens with one attached hydrogen (secondary N) is 1. The van der Waals surface area contributed by atoms with Crippen molar-refractivity contribution >= 4 is 11.8 Å². The van der Waals surface area contributed by atoms with Crippen LogP contribution in [0.4, 0.5) is 0 Å². The fourth-order valence-electron chi connectivity index (χ4n) is 1.91. The summed E-state index contributed by atoms with van der Waals surface area (Å²) >= 11 is 0. The number of nitrogens with two attached hydrogens (primary N) is 1. The molecule has 1 aromatic rings. The van der Waals surface area contributed by atoms with Gasteiger partial charge in [-0.2, -0.15) is 0 Å². The molecule has 0 spiro atoms. The lowest BCUT2D eigenvalue weighted by atomic mass is 10.1. The van der Waals surface area contributed by atoms with Crippen molar-refractivity contribution in [1.82, 2.24) is 5.32 Å². The van der Waals surface area contributed by atoms with Crippen LogP contribution in [-0.4, -0.2) is 25.0 Å². The molecule has 0 aliphatic carbocycles. The highest BCUT2D eigenvalue weighted by atomic mass is 16.5. The van der Waals surface area contributed by atoms with E-state index in [1.54, 1.807) is 18.2 Å². The van der Waals surface area contributed by atoms with Gasteiger partial charge in [-0.1, -0.05) is 12.1 Å². The van der Waals surface area contributed by atoms with Crippen LogP contribution in [0.5, 0.6) is 0 Å². The van der Waals surface area contributed by atoms with Crippen molar-refractivity contribution in [3.63, 3.8) is 0 Å². The SMILES string of the molecule is NC(=O)c1cccc(CNC(=O)C2CCOC2)c1. The lowest BCUT2D eigenvalue weighted by Gasteiger charge is -2.09. The first kappa shape index (κ1) is 12.6. The zero-order chi connectivity index (χ0) is 13.0. The summed E-state index contributed by atoms with van der Waals surface area (Å²) in [6, 6.07) is 6.93. The Morgan fingerprint density at radius 1 is 1.44 bits per heavy atom. The van der Waals surface area contributed by atoms with Crippen molar-refractivity contribution in [3.05, 3.63) is 35.4 Å². The van der Waals surface area contributed by atoms with E-state index in [1.165, 1.54) is 0 Å². The molecular weight excluding hydrogens is 232 g/mol. The molecular formula is C13H16N2O3. The van der Waals surface area contributed by atoms with Crippen LogP contribution in [0, 0.1) is 5.92 Å². The predicted molar refractivity (Wildman–Crippen MR) is 65.7 cm³/mol. The van der Waals surface area contributed by atoms with Crippen LogP contribution in [-0.2, 0) is 16.1 Å². The smallest absolute Gasteiger partial charge is 0.248 e. The summed E-state index contributed by atoms with van der Waals surface area (Å²) in [7, 11) is 0. The van der Waals surface area contributed by atoms with Gasteiger partial charge in [0.1, 0.15) is 0 Å². The van der Waals surface area contributed by atoms with Gasteiger partial charge in [-0.25, -0.2) is 0 Å². The van der Waals surface area contributed by atoms with Gasteiger partial charge in [0.25, 0.3) is 0 Å². The summed E-state index contributed by atoms with van der Waals surface area (Å²) < 4.78 is 5.16. The fraction of sp³-hybridized carbons (Fsp3) is 0.385. The summed E-state index contributed by atoms with van der Waals surface area (Å²) in [5.74, 6) is -0.520. The van der Waals surface area contributed by atoms with Gasteiger partial charge in [0.15, 0.2) is 0 Å². The van der Waals surface area contributed by atoms with Crippen molar-refractivity contribution in [3.8, 4) is 0 Å². The molecule has 1 atom stereocenters. The second-order valence-electron chi connectivity index (χ2n) is 4.34. The van der Waals surface area contributed by atoms with E-state index >= 15 is 0 Å². The fourth-order valence-corrected chi connectivity index (χ4v) is 1.91. The first-order valence-electron chi connectivity index (χ1n) is 5.91. The standard InChI is InChI=1S/C13H16N2O3/c14-12(16)10-3-1-2-9(6-10)7-15-13(17)11-4-5-18-8-11/h1-3,6,11H,4-5,7-8H2,(H2,14,16)(H,15,17). The average molecular weight is 248 g/mol. The molecule has 1 saturated heterocycles. The highest BCUT2D eigenvalue weighted by molar-refractivity contribution is 5.92. The number of carbonyl (C=O) groups excluding carboxylic acids is 2. The lowest BCUT2D eigenvalue weighted by molar-refractivity contribution is -0.125. The zero-order valence-electron chi connectivity index (χ0n) is 10.0. The van der Waals surface area contributed by atoms with E-state index in [0.29, 0.717) is 25.3 Å². The van der Waals surface area contributed by atoms with Crippen LogP contribution in [0.3, 0.4) is 0 Å². The Labute approximate surface area is 105 Å². The molecule has 0 saturated carbocycles. The average Bonchev–Trinajstić information content (AvgIpc) is 2.90. The van der Waals surface area contributed by atoms with E-state index in [4.69, 9.17) is 10.5 Å². The third-order valence-electron chi connectivity index (χ3n) is 2.98. The highest BCUT2D eigenvalue weighted by Crippen LogP contribution is 2.12. The van der Waals surface area contributed by atoms with Crippen LogP contribution in [0.15, 0.2) is 24.3 Å². The van der Waals surface area contributed by atoms with Crippen molar-refractivity contribution in [2.45, 2.75) is 13.0 Å². The summed E-state index contributed by atoms with van der Waals surface area (Å²) in [4.78, 5) is 22.8. The maximum Gasteiger partial charge on any atom is 0.248 e. The maximum absolute atomic E-state index is 11.8. The molecule has 96 valence electrons. The van der Waals surface area contributed by atoms with E-state index < -0.39 is 5.91 Å². The zero-order valence-corrected chi connectivity index (χ0v) is 10.0. The summed E-state index contributed by atoms with van der Waals surface area (Å²) in [5, 5.41) is 2.84. The van der Waals surface area contributed by atoms with E-state index in [0.717, 1.165) is 12.0 Å². The lowest BCUT2D eigenvalue weighted by Crippen LogP contribution is -2.30. The summed E-state index contributed by atoms with van der Waals surface area (Å²) in [6.45, 7) is 1.54. The number of hydrogen-bond acceptors (Lipinski definition) is 3. The third-order valence-corrected chi connectivity index (χ3v) is 2.98. The molecule has 1 heterocycles. The molecule has 5 nitrogen and oxygen atoms in total. The van der Waals surface area contributed by atoms with E-state index in [-0.39, 0.29) is 11.8 Å². The number of carbonyl (C=O) groups is 2. The van der Waals surface area contributed by atoms with Gasteiger partial charge in [-0.05, 0) is 24.1 Å². The Morgan fingerprint density at radius 2 is 2.28 bits per heavy atom. The summed E-state index contributed by atoms with van der Waals surface area (Å²) in [6.07, 6.45) is 0.771. The number of hydrogen-bond donors (Lipinski definition) is 2. The second-order valence-corrected chi connectivity index (χ2v) is 4.34. The Bertz CT molecular complexity index is 453. The van der Waals surface area contributed by atoms with Crippen LogP contribution < -0.4 is 11.1 Å². The Balaban J connectivity index is 1.91. The number of primary amides is 1. The van der Waals surface area contributed by atoms with Crippen LogP contribution in [0.1, 0.15) is 22.3 Å². The van der Waals surface area contributed by atoms with E-state index in [1.807, 2.05) is 6.07 Å². The van der Waals surface area contributed by atoms with Gasteiger partial charge in [-0.15, -0.1) is 0 Å². The van der Waals surface area contributed by atoms with Crippen LogP contribution >= 0.6 is 0 Å². The Kier molecular flexibility index (Phi) is 3.94. The summed E-state index contributed by atoms with van der Waals surface area (Å²) in [5.41, 5.74) is 6.51. The molecule has 1 aliphatic heterocycles. The van der Waals surface area contributed by atoms with Gasteiger partial charge in [0, 0.05) is 18.7 Å². The Hall–Kier alpha value is -1.88. The van der Waals surface area contributed by atoms with Crippen LogP contribution in [0.25, 0.3) is 0 Å². The normalized spacial score (nSPS) is 18.6.